The highest BCUT2D eigenvalue weighted by Crippen LogP contribution is 2.51. The van der Waals surface area contributed by atoms with E-state index in [0.29, 0.717) is 54.0 Å². The van der Waals surface area contributed by atoms with Crippen LogP contribution in [-0.4, -0.2) is 53.1 Å². The number of pyridine rings is 1. The average Bonchev–Trinajstić information content (AvgIpc) is 3.21. The second-order valence-corrected chi connectivity index (χ2v) is 11.5. The number of nitrogens with zero attached hydrogens (tertiary/aromatic N) is 3. The van der Waals surface area contributed by atoms with Gasteiger partial charge in [-0.05, 0) is 80.8 Å². The first-order chi connectivity index (χ1) is 17.4. The fourth-order valence-corrected chi connectivity index (χ4v) is 7.10. The standard InChI is InChI=1S/C28H38ClN5O2/c29-25-12-11-21(16-32-25)26(35)34(17-20-7-5-6-19(14-20)15-33-27(30)31)18-28-13-4-3-9-23(28)22-8-1-2-10-24(22)36-28/h1-4,11-12,16,19-20,22-24H,5-10,13-15,17-18H2,(H4,30,31,33). The number of hydrogen-bond acceptors (Lipinski definition) is 4. The van der Waals surface area contributed by atoms with Crippen molar-refractivity contribution in [2.24, 2.45) is 40.1 Å². The highest BCUT2D eigenvalue weighted by molar-refractivity contribution is 6.29. The average molecular weight is 512 g/mol. The Morgan fingerprint density at radius 2 is 1.94 bits per heavy atom. The Balaban J connectivity index is 1.38. The van der Waals surface area contributed by atoms with Gasteiger partial charge in [-0.1, -0.05) is 42.3 Å². The molecule has 1 amide bonds. The lowest BCUT2D eigenvalue weighted by atomic mass is 9.70. The van der Waals surface area contributed by atoms with Crippen LogP contribution in [0.3, 0.4) is 0 Å². The van der Waals surface area contributed by atoms with Crippen LogP contribution in [-0.2, 0) is 4.74 Å². The largest absolute Gasteiger partial charge is 0.370 e. The zero-order chi connectivity index (χ0) is 25.1. The fraction of sp³-hybridized carbons (Fsp3) is 0.607. The molecule has 3 aliphatic carbocycles. The molecular formula is C28H38ClN5O2. The van der Waals surface area contributed by atoms with Crippen LogP contribution in [0, 0.1) is 23.7 Å². The summed E-state index contributed by atoms with van der Waals surface area (Å²) >= 11 is 6.02. The predicted molar refractivity (Wildman–Crippen MR) is 143 cm³/mol. The molecule has 2 heterocycles. The molecule has 1 aromatic rings. The Bertz CT molecular complexity index is 1020. The van der Waals surface area contributed by atoms with Gasteiger partial charge in [-0.2, -0.15) is 0 Å². The molecule has 4 aliphatic rings. The Labute approximate surface area is 219 Å². The third kappa shape index (κ3) is 5.47. The van der Waals surface area contributed by atoms with Crippen LogP contribution >= 0.6 is 11.6 Å². The van der Waals surface area contributed by atoms with Crippen molar-refractivity contribution in [3.05, 3.63) is 53.4 Å². The summed E-state index contributed by atoms with van der Waals surface area (Å²) in [5, 5.41) is 0.389. The third-order valence-corrected chi connectivity index (χ3v) is 8.87. The van der Waals surface area contributed by atoms with Crippen LogP contribution in [0.5, 0.6) is 0 Å². The minimum atomic E-state index is -0.335. The molecule has 1 aliphatic heterocycles. The van der Waals surface area contributed by atoms with Crippen LogP contribution < -0.4 is 11.5 Å². The molecular weight excluding hydrogens is 474 g/mol. The van der Waals surface area contributed by atoms with E-state index >= 15 is 0 Å². The van der Waals surface area contributed by atoms with Crippen LogP contribution in [0.25, 0.3) is 0 Å². The van der Waals surface area contributed by atoms with Gasteiger partial charge in [0.2, 0.25) is 0 Å². The van der Waals surface area contributed by atoms with Crippen molar-refractivity contribution in [3.63, 3.8) is 0 Å². The number of fused-ring (bicyclic) bond motifs is 3. The van der Waals surface area contributed by atoms with Crippen LogP contribution in [0.1, 0.15) is 61.7 Å². The number of carbonyl (C=O) groups excluding carboxylic acids is 1. The van der Waals surface area contributed by atoms with Gasteiger partial charge in [-0.25, -0.2) is 4.98 Å². The number of carbonyl (C=O) groups is 1. The predicted octanol–water partition coefficient (Wildman–Crippen LogP) is 4.33. The van der Waals surface area contributed by atoms with Gasteiger partial charge in [-0.3, -0.25) is 9.79 Å². The van der Waals surface area contributed by atoms with Crippen molar-refractivity contribution in [2.75, 3.05) is 19.6 Å². The molecule has 1 aromatic heterocycles. The van der Waals surface area contributed by atoms with Gasteiger partial charge < -0.3 is 21.1 Å². The number of aliphatic imine (C=N–C) groups is 1. The highest BCUT2D eigenvalue weighted by atomic mass is 35.5. The van der Waals surface area contributed by atoms with Crippen LogP contribution in [0.2, 0.25) is 5.15 Å². The van der Waals surface area contributed by atoms with Crippen molar-refractivity contribution < 1.29 is 9.53 Å². The summed E-state index contributed by atoms with van der Waals surface area (Å²) in [6.45, 7) is 1.96. The van der Waals surface area contributed by atoms with E-state index in [9.17, 15) is 4.79 Å². The second-order valence-electron chi connectivity index (χ2n) is 11.1. The van der Waals surface area contributed by atoms with E-state index in [0.717, 1.165) is 51.4 Å². The number of rotatable bonds is 7. The molecule has 8 heteroatoms. The van der Waals surface area contributed by atoms with Gasteiger partial charge in [0.05, 0.1) is 23.8 Å². The van der Waals surface area contributed by atoms with Gasteiger partial charge in [0.15, 0.2) is 5.96 Å². The SMILES string of the molecule is NC(N)=NCC1CCCC(CN(CC23CC=CCC2C2CC=CCC2O3)C(=O)c2ccc(Cl)nc2)C1. The van der Waals surface area contributed by atoms with E-state index in [2.05, 4.69) is 39.2 Å². The summed E-state index contributed by atoms with van der Waals surface area (Å²) < 4.78 is 6.89. The molecule has 0 spiro atoms. The van der Waals surface area contributed by atoms with Gasteiger partial charge in [-0.15, -0.1) is 0 Å². The zero-order valence-electron chi connectivity index (χ0n) is 20.9. The smallest absolute Gasteiger partial charge is 0.255 e. The lowest BCUT2D eigenvalue weighted by Gasteiger charge is -2.42. The number of aromatic nitrogens is 1. The number of ether oxygens (including phenoxy) is 1. The molecule has 2 fully saturated rings. The highest BCUT2D eigenvalue weighted by Gasteiger charge is 2.55. The second kappa shape index (κ2) is 10.9. The van der Waals surface area contributed by atoms with E-state index in [1.807, 2.05) is 0 Å². The summed E-state index contributed by atoms with van der Waals surface area (Å²) in [5.41, 5.74) is 11.4. The van der Waals surface area contributed by atoms with Crippen molar-refractivity contribution in [3.8, 4) is 0 Å². The van der Waals surface area contributed by atoms with Crippen molar-refractivity contribution in [1.82, 2.24) is 9.88 Å². The maximum atomic E-state index is 13.9. The summed E-state index contributed by atoms with van der Waals surface area (Å²) in [7, 11) is 0. The van der Waals surface area contributed by atoms with E-state index in [1.165, 1.54) is 0 Å². The molecule has 4 N–H and O–H groups in total. The van der Waals surface area contributed by atoms with E-state index < -0.39 is 0 Å². The van der Waals surface area contributed by atoms with Gasteiger partial charge in [0.25, 0.3) is 5.91 Å². The molecule has 1 saturated heterocycles. The molecule has 0 aromatic carbocycles. The number of nitrogens with two attached hydrogens (primary N) is 2. The van der Waals surface area contributed by atoms with Crippen molar-refractivity contribution in [2.45, 2.75) is 63.1 Å². The summed E-state index contributed by atoms with van der Waals surface area (Å²) in [6.07, 6.45) is 19.2. The third-order valence-electron chi connectivity index (χ3n) is 8.64. The molecule has 6 atom stereocenters. The van der Waals surface area contributed by atoms with Gasteiger partial charge in [0.1, 0.15) is 5.15 Å². The molecule has 0 bridgehead atoms. The number of allylic oxidation sites excluding steroid dienone is 2. The molecule has 7 nitrogen and oxygen atoms in total. The molecule has 5 rings (SSSR count). The molecule has 0 radical (unpaired) electrons. The molecule has 36 heavy (non-hydrogen) atoms. The van der Waals surface area contributed by atoms with Crippen molar-refractivity contribution >= 4 is 23.5 Å². The summed E-state index contributed by atoms with van der Waals surface area (Å²) in [6, 6.07) is 3.47. The normalized spacial score (nSPS) is 33.0. The van der Waals surface area contributed by atoms with E-state index in [-0.39, 0.29) is 23.6 Å². The van der Waals surface area contributed by atoms with Gasteiger partial charge >= 0.3 is 0 Å². The molecule has 194 valence electrons. The Morgan fingerprint density at radius 1 is 1.14 bits per heavy atom. The zero-order valence-corrected chi connectivity index (χ0v) is 21.7. The fourth-order valence-electron chi connectivity index (χ4n) is 6.99. The topological polar surface area (TPSA) is 107 Å². The monoisotopic (exact) mass is 511 g/mol. The number of hydrogen-bond donors (Lipinski definition) is 2. The first-order valence-electron chi connectivity index (χ1n) is 13.4. The minimum absolute atomic E-state index is 0.00443. The first-order valence-corrected chi connectivity index (χ1v) is 13.8. The number of halogens is 1. The first kappa shape index (κ1) is 25.3. The molecule has 1 saturated carbocycles. The molecule has 6 unspecified atom stereocenters. The minimum Gasteiger partial charge on any atom is -0.370 e. The Morgan fingerprint density at radius 3 is 2.75 bits per heavy atom. The van der Waals surface area contributed by atoms with Gasteiger partial charge in [0, 0.05) is 19.3 Å². The quantitative estimate of drug-likeness (QED) is 0.245. The number of amides is 1. The van der Waals surface area contributed by atoms with Crippen LogP contribution in [0.15, 0.2) is 47.6 Å². The number of guanidine groups is 1. The lowest BCUT2D eigenvalue weighted by Crippen LogP contribution is -2.51. The van der Waals surface area contributed by atoms with E-state index in [1.54, 1.807) is 18.3 Å². The maximum absolute atomic E-state index is 13.9. The van der Waals surface area contributed by atoms with E-state index in [4.69, 9.17) is 27.8 Å². The summed E-state index contributed by atoms with van der Waals surface area (Å²) in [5.74, 6) is 1.95. The van der Waals surface area contributed by atoms with Crippen LogP contribution in [0.4, 0.5) is 0 Å². The maximum Gasteiger partial charge on any atom is 0.255 e. The Hall–Kier alpha value is -2.38. The lowest BCUT2D eigenvalue weighted by molar-refractivity contribution is -0.0750. The van der Waals surface area contributed by atoms with Crippen molar-refractivity contribution in [1.29, 1.82) is 0 Å². The Kier molecular flexibility index (Phi) is 7.68. The summed E-state index contributed by atoms with van der Waals surface area (Å²) in [4.78, 5) is 24.4.